The van der Waals surface area contributed by atoms with E-state index in [2.05, 4.69) is 0 Å². The number of carbonyl (C=O) groups is 2. The molecule has 144 valence electrons. The molecule has 0 aliphatic heterocycles. The number of hydrogen-bond donors (Lipinski definition) is 0. The maximum absolute atomic E-state index is 13.0. The molecule has 0 saturated carbocycles. The summed E-state index contributed by atoms with van der Waals surface area (Å²) in [7, 11) is -1.07. The van der Waals surface area contributed by atoms with Crippen LogP contribution in [0.3, 0.4) is 0 Å². The van der Waals surface area contributed by atoms with Crippen molar-refractivity contribution in [2.24, 2.45) is 0 Å². The largest absolute Gasteiger partial charge is 0.451 e. The Labute approximate surface area is 161 Å². The van der Waals surface area contributed by atoms with E-state index in [1.54, 1.807) is 0 Å². The van der Waals surface area contributed by atoms with E-state index in [1.165, 1.54) is 45.3 Å². The molecule has 0 fully saturated rings. The molecule has 0 unspecified atom stereocenters. The Morgan fingerprint density at radius 3 is 2.26 bits per heavy atom. The third kappa shape index (κ3) is 4.71. The second kappa shape index (κ2) is 8.16. The molecule has 1 atom stereocenters. The van der Waals surface area contributed by atoms with E-state index in [4.69, 9.17) is 16.3 Å². The Hall–Kier alpha value is -2.29. The molecule has 0 radical (unpaired) electrons. The zero-order chi connectivity index (χ0) is 20.4. The molecule has 0 aliphatic carbocycles. The fourth-order valence-corrected chi connectivity index (χ4v) is 3.28. The lowest BCUT2D eigenvalue weighted by Crippen LogP contribution is -2.25. The summed E-state index contributed by atoms with van der Waals surface area (Å²) in [4.78, 5) is 24.5. The predicted octanol–water partition coefficient (Wildman–Crippen LogP) is 3.16. The molecule has 0 aliphatic rings. The summed E-state index contributed by atoms with van der Waals surface area (Å²) in [6, 6.07) is 8.42. The molecule has 6 nitrogen and oxygen atoms in total. The van der Waals surface area contributed by atoms with E-state index in [1.807, 2.05) is 0 Å². The highest BCUT2D eigenvalue weighted by atomic mass is 35.5. The van der Waals surface area contributed by atoms with Crippen LogP contribution in [-0.2, 0) is 14.8 Å². The first-order valence-electron chi connectivity index (χ1n) is 7.77. The zero-order valence-corrected chi connectivity index (χ0v) is 16.3. The summed E-state index contributed by atoms with van der Waals surface area (Å²) < 4.78 is 43.5. The lowest BCUT2D eigenvalue weighted by molar-refractivity contribution is 0.0318. The number of ether oxygens (including phenoxy) is 1. The van der Waals surface area contributed by atoms with Crippen LogP contribution < -0.4 is 0 Å². The second-order valence-corrected chi connectivity index (χ2v) is 8.41. The number of sulfonamides is 1. The van der Waals surface area contributed by atoms with E-state index in [-0.39, 0.29) is 21.0 Å². The number of carbonyl (C=O) groups excluding carboxylic acids is 2. The predicted molar refractivity (Wildman–Crippen MR) is 97.9 cm³/mol. The zero-order valence-electron chi connectivity index (χ0n) is 14.8. The lowest BCUT2D eigenvalue weighted by atomic mass is 10.1. The molecule has 0 saturated heterocycles. The van der Waals surface area contributed by atoms with Gasteiger partial charge in [0.2, 0.25) is 15.8 Å². The standard InChI is InChI=1S/C18H17ClFNO5S/c1-11(17(22)12-4-6-13(20)7-5-12)26-18(23)15-10-14(8-9-16(15)19)27(24,25)21(2)3/h4-11H,1-3H3/t11-/m0/s1. The van der Waals surface area contributed by atoms with Gasteiger partial charge in [0.05, 0.1) is 15.5 Å². The van der Waals surface area contributed by atoms with E-state index < -0.39 is 33.7 Å². The topological polar surface area (TPSA) is 80.8 Å². The summed E-state index contributed by atoms with van der Waals surface area (Å²) >= 11 is 5.98. The molecule has 0 heterocycles. The Kier molecular flexibility index (Phi) is 6.35. The highest BCUT2D eigenvalue weighted by molar-refractivity contribution is 7.89. The van der Waals surface area contributed by atoms with Gasteiger partial charge in [0, 0.05) is 19.7 Å². The van der Waals surface area contributed by atoms with Crippen LogP contribution in [0.5, 0.6) is 0 Å². The molecule has 2 rings (SSSR count). The quantitative estimate of drug-likeness (QED) is 0.536. The van der Waals surface area contributed by atoms with Crippen molar-refractivity contribution in [1.29, 1.82) is 0 Å². The average Bonchev–Trinajstić information content (AvgIpc) is 2.61. The number of rotatable bonds is 6. The Bertz CT molecular complexity index is 974. The molecule has 2 aromatic carbocycles. The average molecular weight is 414 g/mol. The van der Waals surface area contributed by atoms with E-state index in [0.717, 1.165) is 22.5 Å². The summed E-state index contributed by atoms with van der Waals surface area (Å²) in [6.45, 7) is 1.36. The van der Waals surface area contributed by atoms with Crippen molar-refractivity contribution in [2.75, 3.05) is 14.1 Å². The Balaban J connectivity index is 2.25. The third-order valence-corrected chi connectivity index (χ3v) is 5.86. The highest BCUT2D eigenvalue weighted by Crippen LogP contribution is 2.23. The van der Waals surface area contributed by atoms with E-state index in [0.29, 0.717) is 0 Å². The first-order chi connectivity index (χ1) is 12.5. The van der Waals surface area contributed by atoms with Crippen molar-refractivity contribution in [3.8, 4) is 0 Å². The van der Waals surface area contributed by atoms with Gasteiger partial charge in [-0.3, -0.25) is 4.79 Å². The molecule has 0 bridgehead atoms. The van der Waals surface area contributed by atoms with Crippen LogP contribution in [-0.4, -0.2) is 44.7 Å². The van der Waals surface area contributed by atoms with E-state index in [9.17, 15) is 22.4 Å². The third-order valence-electron chi connectivity index (χ3n) is 3.72. The van der Waals surface area contributed by atoms with Gasteiger partial charge in [0.1, 0.15) is 5.82 Å². The van der Waals surface area contributed by atoms with Crippen LogP contribution in [0.15, 0.2) is 47.4 Å². The van der Waals surface area contributed by atoms with Crippen LogP contribution >= 0.6 is 11.6 Å². The number of nitrogens with zero attached hydrogens (tertiary/aromatic N) is 1. The van der Waals surface area contributed by atoms with Crippen molar-refractivity contribution >= 4 is 33.4 Å². The molecular formula is C18H17ClFNO5S. The van der Waals surface area contributed by atoms with Crippen molar-refractivity contribution in [1.82, 2.24) is 4.31 Å². The number of hydrogen-bond acceptors (Lipinski definition) is 5. The Morgan fingerprint density at radius 2 is 1.70 bits per heavy atom. The van der Waals surface area contributed by atoms with Crippen molar-refractivity contribution in [2.45, 2.75) is 17.9 Å². The van der Waals surface area contributed by atoms with Crippen LogP contribution in [0.2, 0.25) is 5.02 Å². The number of esters is 1. The van der Waals surface area contributed by atoms with Gasteiger partial charge in [-0.15, -0.1) is 0 Å². The molecule has 9 heteroatoms. The Morgan fingerprint density at radius 1 is 1.11 bits per heavy atom. The van der Waals surface area contributed by atoms with Gasteiger partial charge in [-0.2, -0.15) is 0 Å². The molecule has 0 aromatic heterocycles. The normalized spacial score (nSPS) is 12.7. The van der Waals surface area contributed by atoms with Crippen molar-refractivity contribution in [3.63, 3.8) is 0 Å². The SMILES string of the molecule is C[C@H](OC(=O)c1cc(S(=O)(=O)N(C)C)ccc1Cl)C(=O)c1ccc(F)cc1. The second-order valence-electron chi connectivity index (χ2n) is 5.85. The van der Waals surface area contributed by atoms with Gasteiger partial charge < -0.3 is 4.74 Å². The van der Waals surface area contributed by atoms with Crippen molar-refractivity contribution < 1.29 is 27.1 Å². The summed E-state index contributed by atoms with van der Waals surface area (Å²) in [5.74, 6) is -1.97. The molecule has 0 amide bonds. The minimum atomic E-state index is -3.78. The highest BCUT2D eigenvalue weighted by Gasteiger charge is 2.24. The fourth-order valence-electron chi connectivity index (χ4n) is 2.16. The number of halogens is 2. The summed E-state index contributed by atoms with van der Waals surface area (Å²) in [5, 5.41) is -0.0147. The summed E-state index contributed by atoms with van der Waals surface area (Å²) in [5.41, 5.74) is -0.00918. The summed E-state index contributed by atoms with van der Waals surface area (Å²) in [6.07, 6.45) is -1.17. The molecule has 2 aromatic rings. The molecule has 0 N–H and O–H groups in total. The molecular weight excluding hydrogens is 397 g/mol. The lowest BCUT2D eigenvalue weighted by Gasteiger charge is -2.15. The van der Waals surface area contributed by atoms with Gasteiger partial charge in [-0.05, 0) is 49.4 Å². The van der Waals surface area contributed by atoms with Crippen LogP contribution in [0, 0.1) is 5.82 Å². The maximum atomic E-state index is 13.0. The van der Waals surface area contributed by atoms with Gasteiger partial charge in [0.25, 0.3) is 0 Å². The number of Topliss-reactive ketones (excluding diaryl/α,β-unsaturated/α-hetero) is 1. The number of benzene rings is 2. The minimum Gasteiger partial charge on any atom is -0.451 e. The van der Waals surface area contributed by atoms with Crippen LogP contribution in [0.25, 0.3) is 0 Å². The fraction of sp³-hybridized carbons (Fsp3) is 0.222. The van der Waals surface area contributed by atoms with Gasteiger partial charge in [-0.25, -0.2) is 21.9 Å². The first-order valence-corrected chi connectivity index (χ1v) is 9.58. The minimum absolute atomic E-state index is 0.0147. The van der Waals surface area contributed by atoms with Crippen LogP contribution in [0.1, 0.15) is 27.6 Å². The maximum Gasteiger partial charge on any atom is 0.340 e. The van der Waals surface area contributed by atoms with Gasteiger partial charge in [-0.1, -0.05) is 11.6 Å². The van der Waals surface area contributed by atoms with Crippen LogP contribution in [0.4, 0.5) is 4.39 Å². The van der Waals surface area contributed by atoms with Crippen molar-refractivity contribution in [3.05, 3.63) is 64.4 Å². The smallest absolute Gasteiger partial charge is 0.340 e. The molecule has 27 heavy (non-hydrogen) atoms. The number of ketones is 1. The van der Waals surface area contributed by atoms with Gasteiger partial charge >= 0.3 is 5.97 Å². The van der Waals surface area contributed by atoms with E-state index >= 15 is 0 Å². The monoisotopic (exact) mass is 413 g/mol. The first kappa shape index (κ1) is 21.0. The molecule has 0 spiro atoms. The van der Waals surface area contributed by atoms with Gasteiger partial charge in [0.15, 0.2) is 6.10 Å².